The van der Waals surface area contributed by atoms with Crippen LogP contribution >= 0.6 is 0 Å². The van der Waals surface area contributed by atoms with Crippen molar-refractivity contribution in [2.45, 2.75) is 32.9 Å². The lowest BCUT2D eigenvalue weighted by Crippen LogP contribution is -2.32. The van der Waals surface area contributed by atoms with Gasteiger partial charge < -0.3 is 10.6 Å². The standard InChI is InChI=1S/C15H19N5O/c1-3-11(2)19-14(21)13-7-9-17-15(20-13)18-10-12-6-4-5-8-16-12/h4-9,11H,3,10H2,1-2H3,(H,19,21)(H,17,18,20). The maximum Gasteiger partial charge on any atom is 0.270 e. The molecule has 2 heterocycles. The average molecular weight is 285 g/mol. The van der Waals surface area contributed by atoms with Crippen molar-refractivity contribution in [1.82, 2.24) is 20.3 Å². The fourth-order valence-corrected chi connectivity index (χ4v) is 1.64. The molecule has 1 amide bonds. The fraction of sp³-hybridized carbons (Fsp3) is 0.333. The fourth-order valence-electron chi connectivity index (χ4n) is 1.64. The van der Waals surface area contributed by atoms with E-state index in [4.69, 9.17) is 0 Å². The van der Waals surface area contributed by atoms with Gasteiger partial charge >= 0.3 is 0 Å². The Kier molecular flexibility index (Phi) is 5.20. The van der Waals surface area contributed by atoms with Crippen LogP contribution < -0.4 is 10.6 Å². The number of hydrogen-bond acceptors (Lipinski definition) is 5. The lowest BCUT2D eigenvalue weighted by molar-refractivity contribution is 0.0934. The van der Waals surface area contributed by atoms with Crippen LogP contribution in [0.4, 0.5) is 5.95 Å². The van der Waals surface area contributed by atoms with Crippen molar-refractivity contribution >= 4 is 11.9 Å². The zero-order valence-corrected chi connectivity index (χ0v) is 12.2. The van der Waals surface area contributed by atoms with E-state index in [0.717, 1.165) is 12.1 Å². The first-order valence-electron chi connectivity index (χ1n) is 6.96. The third-order valence-corrected chi connectivity index (χ3v) is 3.03. The van der Waals surface area contributed by atoms with Crippen LogP contribution in [0.5, 0.6) is 0 Å². The van der Waals surface area contributed by atoms with Crippen molar-refractivity contribution in [1.29, 1.82) is 0 Å². The predicted octanol–water partition coefficient (Wildman–Crippen LogP) is 2.01. The van der Waals surface area contributed by atoms with E-state index in [2.05, 4.69) is 25.6 Å². The Labute approximate surface area is 124 Å². The summed E-state index contributed by atoms with van der Waals surface area (Å²) in [5.74, 6) is 0.227. The van der Waals surface area contributed by atoms with Gasteiger partial charge in [-0.2, -0.15) is 0 Å². The normalized spacial score (nSPS) is 11.7. The molecule has 0 bridgehead atoms. The van der Waals surface area contributed by atoms with Crippen LogP contribution in [-0.4, -0.2) is 26.9 Å². The first-order valence-corrected chi connectivity index (χ1v) is 6.96. The zero-order chi connectivity index (χ0) is 15.1. The summed E-state index contributed by atoms with van der Waals surface area (Å²) < 4.78 is 0. The van der Waals surface area contributed by atoms with Gasteiger partial charge in [0.05, 0.1) is 12.2 Å². The minimum atomic E-state index is -0.187. The molecular formula is C15H19N5O. The molecule has 1 unspecified atom stereocenters. The highest BCUT2D eigenvalue weighted by molar-refractivity contribution is 5.92. The van der Waals surface area contributed by atoms with Crippen LogP contribution in [0.15, 0.2) is 36.7 Å². The molecule has 0 aromatic carbocycles. The molecule has 2 N–H and O–H groups in total. The summed E-state index contributed by atoms with van der Waals surface area (Å²) in [5, 5.41) is 5.94. The van der Waals surface area contributed by atoms with Gasteiger partial charge in [-0.25, -0.2) is 9.97 Å². The molecule has 0 fully saturated rings. The lowest BCUT2D eigenvalue weighted by atomic mass is 10.2. The molecule has 110 valence electrons. The summed E-state index contributed by atoms with van der Waals surface area (Å²) in [6.07, 6.45) is 4.18. The minimum absolute atomic E-state index is 0.123. The molecule has 6 nitrogen and oxygen atoms in total. The number of aromatic nitrogens is 3. The van der Waals surface area contributed by atoms with Crippen LogP contribution in [0.2, 0.25) is 0 Å². The predicted molar refractivity (Wildman–Crippen MR) is 80.8 cm³/mol. The smallest absolute Gasteiger partial charge is 0.270 e. The molecule has 21 heavy (non-hydrogen) atoms. The Balaban J connectivity index is 1.99. The van der Waals surface area contributed by atoms with E-state index in [-0.39, 0.29) is 11.9 Å². The molecule has 2 rings (SSSR count). The average Bonchev–Trinajstić information content (AvgIpc) is 2.54. The number of rotatable bonds is 6. The van der Waals surface area contributed by atoms with Crippen molar-refractivity contribution in [3.05, 3.63) is 48.0 Å². The Hall–Kier alpha value is -2.50. The summed E-state index contributed by atoms with van der Waals surface area (Å²) in [6.45, 7) is 4.49. The largest absolute Gasteiger partial charge is 0.349 e. The van der Waals surface area contributed by atoms with Crippen molar-refractivity contribution in [3.8, 4) is 0 Å². The van der Waals surface area contributed by atoms with Gasteiger partial charge in [0.15, 0.2) is 0 Å². The number of carbonyl (C=O) groups is 1. The molecule has 2 aromatic rings. The highest BCUT2D eigenvalue weighted by Crippen LogP contribution is 2.04. The number of carbonyl (C=O) groups excluding carboxylic acids is 1. The van der Waals surface area contributed by atoms with Crippen LogP contribution in [0.3, 0.4) is 0 Å². The Morgan fingerprint density at radius 2 is 2.10 bits per heavy atom. The molecule has 0 saturated heterocycles. The number of pyridine rings is 1. The molecule has 6 heteroatoms. The van der Waals surface area contributed by atoms with Crippen molar-refractivity contribution in [2.75, 3.05) is 5.32 Å². The van der Waals surface area contributed by atoms with Crippen molar-refractivity contribution in [3.63, 3.8) is 0 Å². The maximum absolute atomic E-state index is 12.0. The van der Waals surface area contributed by atoms with Crippen LogP contribution in [0, 0.1) is 0 Å². The third-order valence-electron chi connectivity index (χ3n) is 3.03. The van der Waals surface area contributed by atoms with E-state index in [1.165, 1.54) is 0 Å². The summed E-state index contributed by atoms with van der Waals surface area (Å²) in [7, 11) is 0. The quantitative estimate of drug-likeness (QED) is 0.848. The maximum atomic E-state index is 12.0. The van der Waals surface area contributed by atoms with E-state index < -0.39 is 0 Å². The molecule has 0 saturated carbocycles. The van der Waals surface area contributed by atoms with Crippen LogP contribution in [0.25, 0.3) is 0 Å². The van der Waals surface area contributed by atoms with Gasteiger partial charge in [-0.15, -0.1) is 0 Å². The second-order valence-corrected chi connectivity index (χ2v) is 4.72. The molecule has 2 aromatic heterocycles. The first-order chi connectivity index (χ1) is 10.2. The van der Waals surface area contributed by atoms with Gasteiger partial charge in [-0.1, -0.05) is 13.0 Å². The summed E-state index contributed by atoms with van der Waals surface area (Å²) in [5.41, 5.74) is 1.24. The van der Waals surface area contributed by atoms with Gasteiger partial charge in [0.2, 0.25) is 5.95 Å². The lowest BCUT2D eigenvalue weighted by Gasteiger charge is -2.11. The van der Waals surface area contributed by atoms with E-state index >= 15 is 0 Å². The molecule has 1 atom stereocenters. The molecule has 0 aliphatic rings. The number of nitrogens with zero attached hydrogens (tertiary/aromatic N) is 3. The van der Waals surface area contributed by atoms with E-state index in [1.54, 1.807) is 18.5 Å². The Bertz CT molecular complexity index is 588. The summed E-state index contributed by atoms with van der Waals surface area (Å²) in [6, 6.07) is 7.41. The number of anilines is 1. The summed E-state index contributed by atoms with van der Waals surface area (Å²) in [4.78, 5) is 24.5. The van der Waals surface area contributed by atoms with Crippen LogP contribution in [0.1, 0.15) is 36.5 Å². The van der Waals surface area contributed by atoms with E-state index in [0.29, 0.717) is 18.2 Å². The second-order valence-electron chi connectivity index (χ2n) is 4.72. The van der Waals surface area contributed by atoms with Crippen molar-refractivity contribution < 1.29 is 4.79 Å². The SMILES string of the molecule is CCC(C)NC(=O)c1ccnc(NCc2ccccn2)n1. The third kappa shape index (κ3) is 4.52. The van der Waals surface area contributed by atoms with Gasteiger partial charge in [0.25, 0.3) is 5.91 Å². The topological polar surface area (TPSA) is 79.8 Å². The molecule has 0 aliphatic heterocycles. The highest BCUT2D eigenvalue weighted by atomic mass is 16.1. The highest BCUT2D eigenvalue weighted by Gasteiger charge is 2.10. The van der Waals surface area contributed by atoms with Gasteiger partial charge in [-0.3, -0.25) is 9.78 Å². The zero-order valence-electron chi connectivity index (χ0n) is 12.2. The monoisotopic (exact) mass is 285 g/mol. The molecule has 0 aliphatic carbocycles. The second kappa shape index (κ2) is 7.33. The molecular weight excluding hydrogens is 266 g/mol. The van der Waals surface area contributed by atoms with Gasteiger partial charge in [0.1, 0.15) is 5.69 Å². The first kappa shape index (κ1) is 14.9. The molecule has 0 spiro atoms. The van der Waals surface area contributed by atoms with Gasteiger partial charge in [-0.05, 0) is 31.5 Å². The Morgan fingerprint density at radius 3 is 2.81 bits per heavy atom. The van der Waals surface area contributed by atoms with Crippen molar-refractivity contribution in [2.24, 2.45) is 0 Å². The van der Waals surface area contributed by atoms with E-state index in [9.17, 15) is 4.79 Å². The minimum Gasteiger partial charge on any atom is -0.349 e. The number of nitrogens with one attached hydrogen (secondary N) is 2. The molecule has 0 radical (unpaired) electrons. The van der Waals surface area contributed by atoms with Crippen LogP contribution in [-0.2, 0) is 6.54 Å². The number of amides is 1. The van der Waals surface area contributed by atoms with Gasteiger partial charge in [0, 0.05) is 18.4 Å². The Morgan fingerprint density at radius 1 is 1.24 bits per heavy atom. The number of hydrogen-bond donors (Lipinski definition) is 2. The van der Waals surface area contributed by atoms with E-state index in [1.807, 2.05) is 32.0 Å². The summed E-state index contributed by atoms with van der Waals surface area (Å²) >= 11 is 0.